The average molecular weight is 233 g/mol. The molecule has 1 atom stereocenters. The zero-order valence-electron chi connectivity index (χ0n) is 9.82. The number of rotatable bonds is 7. The number of nitrogens with one attached hydrogen (secondary N) is 2. The lowest BCUT2D eigenvalue weighted by molar-refractivity contribution is -0.144. The Balaban J connectivity index is 3.58. The Morgan fingerprint density at radius 3 is 2.56 bits per heavy atom. The number of urea groups is 1. The summed E-state index contributed by atoms with van der Waals surface area (Å²) in [5.74, 6) is -1.14. The molecule has 0 bridgehead atoms. The summed E-state index contributed by atoms with van der Waals surface area (Å²) >= 11 is 0. The lowest BCUT2D eigenvalue weighted by Crippen LogP contribution is -2.42. The first-order chi connectivity index (χ1) is 7.41. The molecule has 3 N–H and O–H groups in total. The first-order valence-corrected chi connectivity index (χ1v) is 4.96. The van der Waals surface area contributed by atoms with Gasteiger partial charge in [-0.2, -0.15) is 0 Å². The fourth-order valence-electron chi connectivity index (χ4n) is 0.941. The summed E-state index contributed by atoms with van der Waals surface area (Å²) in [5, 5.41) is 10.9. The summed E-state index contributed by atoms with van der Waals surface area (Å²) in [5.41, 5.74) is 1.99. The molecule has 0 aromatic carbocycles. The number of nitrogens with zero attached hydrogens (tertiary/aromatic N) is 1. The molecule has 0 aromatic rings. The minimum atomic E-state index is -1.14. The number of carbonyl (C=O) groups is 2. The zero-order chi connectivity index (χ0) is 12.6. The van der Waals surface area contributed by atoms with Crippen LogP contribution in [0.1, 0.15) is 13.3 Å². The number of amides is 2. The highest BCUT2D eigenvalue weighted by atomic mass is 16.7. The minimum Gasteiger partial charge on any atom is -0.479 e. The van der Waals surface area contributed by atoms with E-state index >= 15 is 0 Å². The van der Waals surface area contributed by atoms with E-state index in [-0.39, 0.29) is 6.04 Å². The lowest BCUT2D eigenvalue weighted by atomic mass is 10.2. The van der Waals surface area contributed by atoms with Crippen molar-refractivity contribution < 1.29 is 19.5 Å². The van der Waals surface area contributed by atoms with Crippen LogP contribution in [0.2, 0.25) is 0 Å². The van der Waals surface area contributed by atoms with Crippen LogP contribution in [0.3, 0.4) is 0 Å². The quantitative estimate of drug-likeness (QED) is 0.522. The third-order valence-electron chi connectivity index (χ3n) is 1.75. The second kappa shape index (κ2) is 7.89. The molecule has 0 aliphatic rings. The number of hydrogen-bond donors (Lipinski definition) is 3. The van der Waals surface area contributed by atoms with Crippen molar-refractivity contribution >= 4 is 12.0 Å². The smallest absolute Gasteiger partial charge is 0.338 e. The highest BCUT2D eigenvalue weighted by molar-refractivity contribution is 5.73. The zero-order valence-corrected chi connectivity index (χ0v) is 9.82. The molecule has 0 aliphatic carbocycles. The van der Waals surface area contributed by atoms with E-state index in [9.17, 15) is 9.59 Å². The van der Waals surface area contributed by atoms with Gasteiger partial charge in [-0.1, -0.05) is 0 Å². The van der Waals surface area contributed by atoms with E-state index < -0.39 is 18.6 Å². The Bertz CT molecular complexity index is 233. The molecule has 0 rings (SSSR count). The lowest BCUT2D eigenvalue weighted by Gasteiger charge is -2.16. The van der Waals surface area contributed by atoms with Gasteiger partial charge in [-0.15, -0.1) is 0 Å². The Hall–Kier alpha value is -1.34. The maximum atomic E-state index is 11.1. The number of carboxylic acids is 1. The van der Waals surface area contributed by atoms with Gasteiger partial charge in [0.25, 0.3) is 0 Å². The number of hydroxylamine groups is 1. The van der Waals surface area contributed by atoms with E-state index in [2.05, 4.69) is 10.2 Å². The van der Waals surface area contributed by atoms with Crippen molar-refractivity contribution in [2.75, 3.05) is 27.2 Å². The highest BCUT2D eigenvalue weighted by Crippen LogP contribution is 1.91. The molecular formula is C9H19N3O4. The average Bonchev–Trinajstić information content (AvgIpc) is 2.14. The van der Waals surface area contributed by atoms with Gasteiger partial charge in [-0.3, -0.25) is 4.84 Å². The van der Waals surface area contributed by atoms with Gasteiger partial charge < -0.3 is 15.3 Å². The molecule has 1 unspecified atom stereocenters. The second-order valence-electron chi connectivity index (χ2n) is 3.75. The predicted octanol–water partition coefficient (Wildman–Crippen LogP) is -0.358. The molecule has 7 nitrogen and oxygen atoms in total. The van der Waals surface area contributed by atoms with Crippen LogP contribution in [0, 0.1) is 0 Å². The van der Waals surface area contributed by atoms with Crippen LogP contribution in [0.5, 0.6) is 0 Å². The van der Waals surface area contributed by atoms with Gasteiger partial charge in [0.15, 0.2) is 6.61 Å². The molecule has 0 radical (unpaired) electrons. The topological polar surface area (TPSA) is 90.9 Å². The van der Waals surface area contributed by atoms with Crippen LogP contribution in [0.25, 0.3) is 0 Å². The SMILES string of the molecule is CC(CCN(C)C)NC(=O)NOCC(=O)O. The fourth-order valence-corrected chi connectivity index (χ4v) is 0.941. The van der Waals surface area contributed by atoms with E-state index in [4.69, 9.17) is 5.11 Å². The van der Waals surface area contributed by atoms with Crippen molar-refractivity contribution in [3.05, 3.63) is 0 Å². The molecule has 2 amide bonds. The third-order valence-corrected chi connectivity index (χ3v) is 1.75. The molecule has 0 aliphatic heterocycles. The number of carboxylic acid groups (broad SMARTS) is 1. The molecular weight excluding hydrogens is 214 g/mol. The van der Waals surface area contributed by atoms with E-state index in [0.717, 1.165) is 13.0 Å². The summed E-state index contributed by atoms with van der Waals surface area (Å²) in [6.07, 6.45) is 0.805. The molecule has 16 heavy (non-hydrogen) atoms. The van der Waals surface area contributed by atoms with Gasteiger partial charge >= 0.3 is 12.0 Å². The highest BCUT2D eigenvalue weighted by Gasteiger charge is 2.07. The van der Waals surface area contributed by atoms with Crippen LogP contribution >= 0.6 is 0 Å². The minimum absolute atomic E-state index is 0.00386. The van der Waals surface area contributed by atoms with E-state index in [1.165, 1.54) is 0 Å². The Morgan fingerprint density at radius 2 is 2.06 bits per heavy atom. The summed E-state index contributed by atoms with van der Waals surface area (Å²) < 4.78 is 0. The number of carbonyl (C=O) groups excluding carboxylic acids is 1. The standard InChI is InChI=1S/C9H19N3O4/c1-7(4-5-12(2)3)10-9(15)11-16-6-8(13)14/h7H,4-6H2,1-3H3,(H,13,14)(H2,10,11,15). The van der Waals surface area contributed by atoms with E-state index in [1.54, 1.807) is 0 Å². The Labute approximate surface area is 94.7 Å². The number of aliphatic carboxylic acids is 1. The van der Waals surface area contributed by atoms with Gasteiger partial charge in [0.05, 0.1) is 0 Å². The normalized spacial score (nSPS) is 12.2. The maximum absolute atomic E-state index is 11.1. The van der Waals surface area contributed by atoms with Gasteiger partial charge in [0, 0.05) is 6.04 Å². The van der Waals surface area contributed by atoms with Crippen LogP contribution in [0.15, 0.2) is 0 Å². The van der Waals surface area contributed by atoms with Gasteiger partial charge in [0.2, 0.25) is 0 Å². The Kier molecular flexibility index (Phi) is 7.23. The Morgan fingerprint density at radius 1 is 1.44 bits per heavy atom. The molecule has 94 valence electrons. The van der Waals surface area contributed by atoms with Crippen molar-refractivity contribution in [2.45, 2.75) is 19.4 Å². The summed E-state index contributed by atoms with van der Waals surface area (Å²) in [7, 11) is 3.89. The van der Waals surface area contributed by atoms with Crippen LogP contribution in [0.4, 0.5) is 4.79 Å². The maximum Gasteiger partial charge on any atom is 0.338 e. The monoisotopic (exact) mass is 233 g/mol. The van der Waals surface area contributed by atoms with Crippen molar-refractivity contribution in [3.8, 4) is 0 Å². The first-order valence-electron chi connectivity index (χ1n) is 4.96. The van der Waals surface area contributed by atoms with Crippen LogP contribution in [-0.2, 0) is 9.63 Å². The first kappa shape index (κ1) is 14.7. The van der Waals surface area contributed by atoms with Gasteiger partial charge in [-0.05, 0) is 34.0 Å². The number of hydrogen-bond acceptors (Lipinski definition) is 4. The summed E-state index contributed by atoms with van der Waals surface area (Å²) in [6, 6.07) is -0.539. The molecule has 0 spiro atoms. The fraction of sp³-hybridized carbons (Fsp3) is 0.778. The van der Waals surface area contributed by atoms with Crippen molar-refractivity contribution in [2.24, 2.45) is 0 Å². The molecule has 0 saturated carbocycles. The van der Waals surface area contributed by atoms with Crippen LogP contribution < -0.4 is 10.8 Å². The van der Waals surface area contributed by atoms with Gasteiger partial charge in [0.1, 0.15) is 0 Å². The molecule has 0 saturated heterocycles. The van der Waals surface area contributed by atoms with Crippen molar-refractivity contribution in [3.63, 3.8) is 0 Å². The third kappa shape index (κ3) is 9.22. The van der Waals surface area contributed by atoms with E-state index in [0.29, 0.717) is 0 Å². The van der Waals surface area contributed by atoms with Crippen molar-refractivity contribution in [1.82, 2.24) is 15.7 Å². The van der Waals surface area contributed by atoms with E-state index in [1.807, 2.05) is 31.4 Å². The second-order valence-corrected chi connectivity index (χ2v) is 3.75. The molecule has 7 heteroatoms. The summed E-state index contributed by atoms with van der Waals surface area (Å²) in [4.78, 5) is 27.6. The largest absolute Gasteiger partial charge is 0.479 e. The molecule has 0 heterocycles. The molecule has 0 fully saturated rings. The predicted molar refractivity (Wildman–Crippen MR) is 57.9 cm³/mol. The summed E-state index contributed by atoms with van der Waals surface area (Å²) in [6.45, 7) is 2.16. The van der Waals surface area contributed by atoms with Crippen molar-refractivity contribution in [1.29, 1.82) is 0 Å². The molecule has 0 aromatic heterocycles. The van der Waals surface area contributed by atoms with Crippen LogP contribution in [-0.4, -0.2) is 55.3 Å². The van der Waals surface area contributed by atoms with Gasteiger partial charge in [-0.25, -0.2) is 15.1 Å².